The molecule has 2 amide bonds. The molecule has 1 atom stereocenters. The van der Waals surface area contributed by atoms with Gasteiger partial charge in [-0.2, -0.15) is 0 Å². The second-order valence-electron chi connectivity index (χ2n) is 8.68. The Morgan fingerprint density at radius 1 is 1.03 bits per heavy atom. The Kier molecular flexibility index (Phi) is 5.06. The number of hydrogen-bond donors (Lipinski definition) is 0. The summed E-state index contributed by atoms with van der Waals surface area (Å²) in [4.78, 5) is 32.1. The third kappa shape index (κ3) is 3.76. The van der Waals surface area contributed by atoms with Gasteiger partial charge in [0, 0.05) is 23.0 Å². The van der Waals surface area contributed by atoms with Crippen LogP contribution in [-0.4, -0.2) is 47.5 Å². The number of rotatable bonds is 5. The molecule has 7 heteroatoms. The van der Waals surface area contributed by atoms with Crippen molar-refractivity contribution in [1.82, 2.24) is 9.80 Å². The van der Waals surface area contributed by atoms with Crippen LogP contribution in [0.2, 0.25) is 0 Å². The lowest BCUT2D eigenvalue weighted by atomic mass is 9.93. The molecule has 3 heterocycles. The Labute approximate surface area is 196 Å². The van der Waals surface area contributed by atoms with Gasteiger partial charge in [-0.05, 0) is 60.0 Å². The highest BCUT2D eigenvalue weighted by molar-refractivity contribution is 7.10. The maximum Gasteiger partial charge on any atom is 0.254 e. The van der Waals surface area contributed by atoms with Crippen LogP contribution in [0.25, 0.3) is 0 Å². The Morgan fingerprint density at radius 2 is 1.85 bits per heavy atom. The maximum absolute atomic E-state index is 13.7. The minimum Gasteiger partial charge on any atom is -0.454 e. The number of carbonyl (C=O) groups is 2. The van der Waals surface area contributed by atoms with E-state index in [0.29, 0.717) is 23.6 Å². The fraction of sp³-hybridized carbons (Fsp3) is 0.308. The molecule has 1 aromatic heterocycles. The molecule has 1 fully saturated rings. The van der Waals surface area contributed by atoms with Gasteiger partial charge in [-0.3, -0.25) is 9.59 Å². The van der Waals surface area contributed by atoms with Crippen molar-refractivity contribution in [2.45, 2.75) is 31.3 Å². The number of fused-ring (bicyclic) bond motifs is 2. The Bertz CT molecular complexity index is 1200. The first kappa shape index (κ1) is 20.3. The van der Waals surface area contributed by atoms with Crippen molar-refractivity contribution >= 4 is 23.2 Å². The van der Waals surface area contributed by atoms with E-state index in [1.807, 2.05) is 23.1 Å². The van der Waals surface area contributed by atoms with E-state index in [1.165, 1.54) is 10.4 Å². The number of hydrogen-bond acceptors (Lipinski definition) is 5. The van der Waals surface area contributed by atoms with Gasteiger partial charge in [0.1, 0.15) is 6.54 Å². The summed E-state index contributed by atoms with van der Waals surface area (Å²) in [6.45, 7) is 0.904. The zero-order valence-electron chi connectivity index (χ0n) is 18.1. The molecule has 0 bridgehead atoms. The smallest absolute Gasteiger partial charge is 0.254 e. The largest absolute Gasteiger partial charge is 0.454 e. The number of benzene rings is 2. The summed E-state index contributed by atoms with van der Waals surface area (Å²) >= 11 is 1.75. The summed E-state index contributed by atoms with van der Waals surface area (Å²) in [5.41, 5.74) is 2.83. The van der Waals surface area contributed by atoms with Crippen molar-refractivity contribution < 1.29 is 19.1 Å². The predicted molar refractivity (Wildman–Crippen MR) is 125 cm³/mol. The molecule has 0 N–H and O–H groups in total. The summed E-state index contributed by atoms with van der Waals surface area (Å²) < 4.78 is 10.8. The van der Waals surface area contributed by atoms with Gasteiger partial charge in [0.05, 0.1) is 6.04 Å². The summed E-state index contributed by atoms with van der Waals surface area (Å²) in [5, 5.41) is 2.11. The van der Waals surface area contributed by atoms with Crippen LogP contribution in [0.4, 0.5) is 0 Å². The number of carbonyl (C=O) groups excluding carboxylic acids is 2. The van der Waals surface area contributed by atoms with E-state index in [0.717, 1.165) is 24.8 Å². The summed E-state index contributed by atoms with van der Waals surface area (Å²) in [6.07, 6.45) is 2.71. The van der Waals surface area contributed by atoms with Crippen molar-refractivity contribution in [2.75, 3.05) is 19.9 Å². The van der Waals surface area contributed by atoms with Crippen molar-refractivity contribution in [3.63, 3.8) is 0 Å². The van der Waals surface area contributed by atoms with Crippen LogP contribution in [0, 0.1) is 0 Å². The quantitative estimate of drug-likeness (QED) is 0.571. The molecule has 2 aromatic carbocycles. The SMILES string of the molecule is O=C(c1ccc2c(c1)OCO2)N(CC(=O)N1CCc2sccc2C1c1ccccc1)C1CC1. The van der Waals surface area contributed by atoms with E-state index < -0.39 is 0 Å². The fourth-order valence-electron chi connectivity index (χ4n) is 4.76. The minimum atomic E-state index is -0.131. The fourth-order valence-corrected chi connectivity index (χ4v) is 5.67. The second-order valence-corrected chi connectivity index (χ2v) is 9.68. The molecule has 6 rings (SSSR count). The molecular formula is C26H24N2O4S. The molecule has 6 nitrogen and oxygen atoms in total. The van der Waals surface area contributed by atoms with Crippen LogP contribution in [0.3, 0.4) is 0 Å². The molecule has 0 saturated heterocycles. The highest BCUT2D eigenvalue weighted by atomic mass is 32.1. The van der Waals surface area contributed by atoms with E-state index >= 15 is 0 Å². The van der Waals surface area contributed by atoms with Crippen LogP contribution < -0.4 is 9.47 Å². The molecule has 2 aliphatic heterocycles. The average Bonchev–Trinajstić information content (AvgIpc) is 3.38. The lowest BCUT2D eigenvalue weighted by Crippen LogP contribution is -2.47. The molecule has 1 aliphatic carbocycles. The first-order chi connectivity index (χ1) is 16.2. The van der Waals surface area contributed by atoms with Crippen LogP contribution in [0.5, 0.6) is 11.5 Å². The van der Waals surface area contributed by atoms with Crippen LogP contribution in [0.1, 0.15) is 45.2 Å². The molecule has 0 radical (unpaired) electrons. The van der Waals surface area contributed by atoms with E-state index in [2.05, 4.69) is 23.6 Å². The van der Waals surface area contributed by atoms with Gasteiger partial charge in [-0.25, -0.2) is 0 Å². The van der Waals surface area contributed by atoms with Crippen molar-refractivity contribution in [2.24, 2.45) is 0 Å². The average molecular weight is 461 g/mol. The Balaban J connectivity index is 1.27. The normalized spacial score (nSPS) is 18.7. The molecule has 33 heavy (non-hydrogen) atoms. The number of nitrogens with zero attached hydrogens (tertiary/aromatic N) is 2. The standard InChI is InChI=1S/C26H24N2O4S/c29-24(27-12-10-23-20(11-13-33-23)25(27)17-4-2-1-3-5-17)15-28(19-7-8-19)26(30)18-6-9-21-22(14-18)32-16-31-21/h1-6,9,11,13-14,19,25H,7-8,10,12,15-16H2. The minimum absolute atomic E-state index is 0.0123. The second kappa shape index (κ2) is 8.23. The molecule has 1 unspecified atom stereocenters. The maximum atomic E-state index is 13.7. The van der Waals surface area contributed by atoms with E-state index in [4.69, 9.17) is 9.47 Å². The first-order valence-electron chi connectivity index (χ1n) is 11.3. The molecule has 3 aromatic rings. The van der Waals surface area contributed by atoms with Crippen molar-refractivity contribution in [1.29, 1.82) is 0 Å². The zero-order chi connectivity index (χ0) is 22.4. The number of amides is 2. The number of ether oxygens (including phenoxy) is 2. The van der Waals surface area contributed by atoms with Crippen molar-refractivity contribution in [3.8, 4) is 11.5 Å². The van der Waals surface area contributed by atoms with Crippen LogP contribution >= 0.6 is 11.3 Å². The van der Waals surface area contributed by atoms with E-state index in [1.54, 1.807) is 34.4 Å². The summed E-state index contributed by atoms with van der Waals surface area (Å²) in [5.74, 6) is 1.08. The molecule has 0 spiro atoms. The van der Waals surface area contributed by atoms with E-state index in [9.17, 15) is 9.59 Å². The van der Waals surface area contributed by atoms with E-state index in [-0.39, 0.29) is 37.2 Å². The summed E-state index contributed by atoms with van der Waals surface area (Å²) in [7, 11) is 0. The van der Waals surface area contributed by atoms with Crippen LogP contribution in [-0.2, 0) is 11.2 Å². The third-order valence-electron chi connectivity index (χ3n) is 6.58. The van der Waals surface area contributed by atoms with Gasteiger partial charge in [0.25, 0.3) is 5.91 Å². The molecule has 1 saturated carbocycles. The molecule has 168 valence electrons. The van der Waals surface area contributed by atoms with Crippen molar-refractivity contribution in [3.05, 3.63) is 81.5 Å². The molecule has 3 aliphatic rings. The summed E-state index contributed by atoms with van der Waals surface area (Å²) in [6, 6.07) is 17.5. The van der Waals surface area contributed by atoms with Gasteiger partial charge in [0.2, 0.25) is 12.7 Å². The van der Waals surface area contributed by atoms with Crippen LogP contribution in [0.15, 0.2) is 60.0 Å². The lowest BCUT2D eigenvalue weighted by molar-refractivity contribution is -0.134. The van der Waals surface area contributed by atoms with Gasteiger partial charge < -0.3 is 19.3 Å². The number of thiophene rings is 1. The van der Waals surface area contributed by atoms with Gasteiger partial charge in [-0.1, -0.05) is 30.3 Å². The zero-order valence-corrected chi connectivity index (χ0v) is 18.9. The van der Waals surface area contributed by atoms with Gasteiger partial charge >= 0.3 is 0 Å². The highest BCUT2D eigenvalue weighted by Gasteiger charge is 2.38. The van der Waals surface area contributed by atoms with Gasteiger partial charge in [-0.15, -0.1) is 11.3 Å². The van der Waals surface area contributed by atoms with Gasteiger partial charge in [0.15, 0.2) is 11.5 Å². The Hall–Kier alpha value is -3.32. The third-order valence-corrected chi connectivity index (χ3v) is 7.57. The Morgan fingerprint density at radius 3 is 2.67 bits per heavy atom. The topological polar surface area (TPSA) is 59.1 Å². The highest BCUT2D eigenvalue weighted by Crippen LogP contribution is 2.39. The predicted octanol–water partition coefficient (Wildman–Crippen LogP) is 4.26. The monoisotopic (exact) mass is 460 g/mol. The lowest BCUT2D eigenvalue weighted by Gasteiger charge is -2.37. The first-order valence-corrected chi connectivity index (χ1v) is 12.2. The molecular weight excluding hydrogens is 436 g/mol.